The number of aromatic nitrogens is 2. The smallest absolute Gasteiger partial charge is 0.737 e. The number of aryl methyl sites for hydroxylation is 2. The number of fused-ring (bicyclic) bond motifs is 2. The second kappa shape index (κ2) is 31.1. The van der Waals surface area contributed by atoms with Crippen LogP contribution in [0.1, 0.15) is 105 Å². The number of carbonyl (C=O) groups excluding carboxylic acids is 7. The normalized spacial score (nSPS) is 16.1. The van der Waals surface area contributed by atoms with Crippen LogP contribution in [0.15, 0.2) is 59.8 Å². The van der Waals surface area contributed by atoms with E-state index in [1.807, 2.05) is 47.9 Å². The molecule has 494 valence electrons. The molecule has 5 heterocycles. The van der Waals surface area contributed by atoms with Crippen LogP contribution in [0.5, 0.6) is 5.75 Å². The third-order valence-electron chi connectivity index (χ3n) is 15.0. The van der Waals surface area contributed by atoms with Gasteiger partial charge in [0.05, 0.1) is 127 Å². The van der Waals surface area contributed by atoms with Crippen molar-refractivity contribution in [3.05, 3.63) is 93.7 Å². The van der Waals surface area contributed by atoms with Crippen molar-refractivity contribution in [1.82, 2.24) is 35.8 Å². The molecule has 0 bridgehead atoms. The maximum atomic E-state index is 17.6. The number of carbonyl (C=O) groups is 7. The molecule has 3 aliphatic rings. The molecule has 26 nitrogen and oxygen atoms in total. The number of hydrogen-bond donors (Lipinski definition) is 6. The SMILES string of the molecule is Cc1ccc(C2=[N+]3C(=Cc4c(CCC[N+](C)(C)C)cc(/C=C/c5ccc(OCCCC(=O)NC(CS(=O)(=O)[O-])C(=O)NCC(=O)NC(CS(=O)(=O)[O-])C(=O)NCC[NH+](C)CCCCCC(=O)ON6C(=O)CCC6=O)cc5)n4[B-]3(F)F)C(CCC[N+](C)(C)C)=C2)[nH]1. The number of aromatic amines is 1. The van der Waals surface area contributed by atoms with Gasteiger partial charge in [-0.25, -0.2) is 21.6 Å². The number of benzene rings is 1. The van der Waals surface area contributed by atoms with Crippen molar-refractivity contribution in [3.8, 4) is 5.75 Å². The summed E-state index contributed by atoms with van der Waals surface area (Å²) in [5, 5.41) is 9.15. The first-order valence-corrected chi connectivity index (χ1v) is 33.1. The lowest BCUT2D eigenvalue weighted by Gasteiger charge is -2.31. The van der Waals surface area contributed by atoms with Gasteiger partial charge in [-0.3, -0.25) is 28.8 Å². The Morgan fingerprint density at radius 2 is 1.38 bits per heavy atom. The molecule has 0 aliphatic carbocycles. The first-order chi connectivity index (χ1) is 42.1. The van der Waals surface area contributed by atoms with Crippen LogP contribution in [0.25, 0.3) is 18.2 Å². The van der Waals surface area contributed by atoms with Crippen LogP contribution >= 0.6 is 0 Å². The Morgan fingerprint density at radius 3 is 1.98 bits per heavy atom. The largest absolute Gasteiger partial charge is 0.748 e. The fourth-order valence-corrected chi connectivity index (χ4v) is 11.8. The van der Waals surface area contributed by atoms with Crippen molar-refractivity contribution < 1.29 is 96.1 Å². The van der Waals surface area contributed by atoms with Gasteiger partial charge in [-0.05, 0) is 93.0 Å². The maximum Gasteiger partial charge on any atom is 0.737 e. The summed E-state index contributed by atoms with van der Waals surface area (Å²) >= 11 is 0. The van der Waals surface area contributed by atoms with E-state index in [1.165, 1.54) is 8.96 Å². The van der Waals surface area contributed by atoms with Crippen molar-refractivity contribution in [3.63, 3.8) is 0 Å². The maximum absolute atomic E-state index is 17.6. The van der Waals surface area contributed by atoms with Gasteiger partial charge in [0.15, 0.2) is 11.4 Å². The van der Waals surface area contributed by atoms with Crippen molar-refractivity contribution in [2.24, 2.45) is 0 Å². The lowest BCUT2D eigenvalue weighted by Crippen LogP contribution is -3.09. The van der Waals surface area contributed by atoms with E-state index in [0.717, 1.165) is 56.6 Å². The second-order valence-electron chi connectivity index (χ2n) is 25.0. The summed E-state index contributed by atoms with van der Waals surface area (Å²) in [5.41, 5.74) is 5.58. The number of nitrogens with one attached hydrogen (secondary N) is 6. The van der Waals surface area contributed by atoms with Crippen molar-refractivity contribution >= 4 is 92.6 Å². The van der Waals surface area contributed by atoms with E-state index in [-0.39, 0.29) is 45.3 Å². The van der Waals surface area contributed by atoms with Crippen LogP contribution in [-0.2, 0) is 65.1 Å². The van der Waals surface area contributed by atoms with Gasteiger partial charge in [-0.2, -0.15) is 0 Å². The molecule has 1 fully saturated rings. The number of H-pyrrole nitrogens is 1. The topological polar surface area (TPSA) is 332 Å². The third kappa shape index (κ3) is 22.2. The summed E-state index contributed by atoms with van der Waals surface area (Å²) in [6.45, 7) is -0.975. The molecule has 3 unspecified atom stereocenters. The van der Waals surface area contributed by atoms with Gasteiger partial charge in [0.25, 0.3) is 11.8 Å². The molecule has 0 radical (unpaired) electrons. The minimum atomic E-state index is -5.15. The summed E-state index contributed by atoms with van der Waals surface area (Å²) in [4.78, 5) is 96.2. The average Bonchev–Trinajstić information content (AvgIpc) is 1.54. The number of imide groups is 1. The standard InChI is InChI=1S/C59H84BF2N11O15S2/c1-41-19-26-47(65-41)52-36-44(16-13-33-73(6,7)8)51-37-50-43(15-12-32-72(3,4)5)35-45(69(50)60(61,62)70(51)52)23-20-42-21-24-46(25-22-42)87-34-14-17-53(74)66-49(40-90(84,85)86)59(80)64-38-54(75)67-48(39-89(81,82)83)58(79)63-29-31-68(2)30-11-9-10-18-57(78)88-71-55(76)27-28-56(71)77/h19-26,35-37,48-49,65H,9-18,27-34,38-40H2,1-8H3,(H4-2,63,64,66,67,74,75,79,80,81,82,83,84,85,86)/p+1/b23-20+. The molecule has 1 saturated heterocycles. The Balaban J connectivity index is 0.991. The number of quaternary nitrogens is 3. The molecule has 1 aromatic carbocycles. The number of halogens is 2. The fourth-order valence-electron chi connectivity index (χ4n) is 10.5. The number of allylic oxidation sites excluding steroid dienone is 2. The zero-order valence-electron chi connectivity index (χ0n) is 52.4. The predicted octanol–water partition coefficient (Wildman–Crippen LogP) is 0.573. The van der Waals surface area contributed by atoms with E-state index in [1.54, 1.807) is 43.5 Å². The number of amides is 6. The van der Waals surface area contributed by atoms with Gasteiger partial charge in [0.2, 0.25) is 23.6 Å². The van der Waals surface area contributed by atoms with Crippen molar-refractivity contribution in [2.75, 3.05) is 107 Å². The van der Waals surface area contributed by atoms with Gasteiger partial charge < -0.3 is 76.4 Å². The number of unbranched alkanes of at least 4 members (excludes halogenated alkanes) is 2. The Hall–Kier alpha value is -7.42. The molecule has 6 amide bonds. The van der Waals surface area contributed by atoms with Crippen molar-refractivity contribution in [1.29, 1.82) is 0 Å². The number of rotatable bonds is 36. The Labute approximate surface area is 524 Å². The third-order valence-corrected chi connectivity index (χ3v) is 16.5. The summed E-state index contributed by atoms with van der Waals surface area (Å²) in [6.07, 6.45) is 11.4. The molecule has 3 aromatic rings. The lowest BCUT2D eigenvalue weighted by molar-refractivity contribution is -0.878. The number of hydrogen-bond acceptors (Lipinski definition) is 15. The highest BCUT2D eigenvalue weighted by Crippen LogP contribution is 2.40. The van der Waals surface area contributed by atoms with E-state index in [4.69, 9.17) is 9.57 Å². The Morgan fingerprint density at radius 1 is 0.767 bits per heavy atom. The summed E-state index contributed by atoms with van der Waals surface area (Å²) in [6, 6.07) is 8.44. The fraction of sp³-hybridized carbons (Fsp3) is 0.525. The van der Waals surface area contributed by atoms with Crippen LogP contribution in [0.3, 0.4) is 0 Å². The molecule has 0 spiro atoms. The van der Waals surface area contributed by atoms with E-state index in [9.17, 15) is 59.5 Å². The summed E-state index contributed by atoms with van der Waals surface area (Å²) in [5.74, 6) is -8.63. The van der Waals surface area contributed by atoms with Crippen LogP contribution in [0, 0.1) is 6.92 Å². The molecular formula is C59H85BF2N11O15S2+. The Kier molecular flexibility index (Phi) is 24.7. The van der Waals surface area contributed by atoms with Gasteiger partial charge in [0.1, 0.15) is 23.5 Å². The lowest BCUT2D eigenvalue weighted by atomic mass is 9.88. The van der Waals surface area contributed by atoms with Crippen LogP contribution in [0.4, 0.5) is 8.63 Å². The number of hydroxylamine groups is 2. The number of ether oxygens (including phenoxy) is 1. The van der Waals surface area contributed by atoms with Crippen molar-refractivity contribution in [2.45, 2.75) is 96.1 Å². The summed E-state index contributed by atoms with van der Waals surface area (Å²) in [7, 11) is 4.16. The first kappa shape index (κ1) is 71.7. The molecule has 3 aliphatic heterocycles. The predicted molar refractivity (Wildman–Crippen MR) is 328 cm³/mol. The highest BCUT2D eigenvalue weighted by atomic mass is 32.2. The molecule has 0 saturated carbocycles. The zero-order chi connectivity index (χ0) is 66.4. The van der Waals surface area contributed by atoms with Gasteiger partial charge in [0, 0.05) is 73.3 Å². The van der Waals surface area contributed by atoms with Gasteiger partial charge in [-0.1, -0.05) is 18.2 Å². The monoisotopic (exact) mass is 1300 g/mol. The van der Waals surface area contributed by atoms with Gasteiger partial charge in [-0.15, -0.1) is 5.06 Å². The molecule has 6 rings (SSSR count). The number of likely N-dealkylation sites (N-methyl/N-ethyl adjacent to an activating group) is 1. The first-order valence-electron chi connectivity index (χ1n) is 30.0. The minimum Gasteiger partial charge on any atom is -0.748 e. The highest BCUT2D eigenvalue weighted by Gasteiger charge is 2.55. The summed E-state index contributed by atoms with van der Waals surface area (Å²) < 4.78 is 115. The molecule has 3 atom stereocenters. The molecule has 2 aromatic heterocycles. The minimum absolute atomic E-state index is 0.0203. The molecule has 31 heteroatoms. The number of nitrogens with zero attached hydrogens (tertiary/aromatic N) is 5. The molecule has 90 heavy (non-hydrogen) atoms. The van der Waals surface area contributed by atoms with E-state index >= 15 is 8.63 Å². The van der Waals surface area contributed by atoms with E-state index in [0.29, 0.717) is 90.1 Å². The molecule has 6 N–H and O–H groups in total. The van der Waals surface area contributed by atoms with E-state index in [2.05, 4.69) is 57.9 Å². The van der Waals surface area contributed by atoms with Crippen LogP contribution in [-0.4, -0.2) is 227 Å². The Bertz CT molecular complexity index is 3480. The van der Waals surface area contributed by atoms with Crippen LogP contribution < -0.4 is 30.9 Å². The highest BCUT2D eigenvalue weighted by molar-refractivity contribution is 7.86. The van der Waals surface area contributed by atoms with Crippen LogP contribution in [0.2, 0.25) is 0 Å². The molecular weight excluding hydrogens is 1220 g/mol. The second-order valence-corrected chi connectivity index (χ2v) is 27.9. The van der Waals surface area contributed by atoms with Gasteiger partial charge >= 0.3 is 12.9 Å². The average molecular weight is 1300 g/mol. The zero-order valence-corrected chi connectivity index (χ0v) is 54.0. The van der Waals surface area contributed by atoms with E-state index < -0.39 is 98.8 Å². The quantitative estimate of drug-likeness (QED) is 0.0152.